The van der Waals surface area contributed by atoms with Crippen LogP contribution in [0, 0.1) is 12.8 Å². The Morgan fingerprint density at radius 3 is 2.65 bits per heavy atom. The summed E-state index contributed by atoms with van der Waals surface area (Å²) < 4.78 is 0. The van der Waals surface area contributed by atoms with E-state index in [9.17, 15) is 0 Å². The molecule has 0 amide bonds. The number of hydrazine groups is 1. The van der Waals surface area contributed by atoms with Gasteiger partial charge in [0.2, 0.25) is 0 Å². The summed E-state index contributed by atoms with van der Waals surface area (Å²) >= 11 is 6.23. The molecule has 2 unspecified atom stereocenters. The van der Waals surface area contributed by atoms with Gasteiger partial charge in [-0.15, -0.1) is 0 Å². The van der Waals surface area contributed by atoms with Gasteiger partial charge in [0.1, 0.15) is 0 Å². The highest BCUT2D eigenvalue weighted by molar-refractivity contribution is 6.31. The van der Waals surface area contributed by atoms with Gasteiger partial charge in [0, 0.05) is 11.1 Å². The molecule has 1 aromatic carbocycles. The lowest BCUT2D eigenvalue weighted by Gasteiger charge is -2.20. The summed E-state index contributed by atoms with van der Waals surface area (Å²) in [5.74, 6) is 6.29. The van der Waals surface area contributed by atoms with Crippen molar-refractivity contribution in [1.82, 2.24) is 5.43 Å². The third-order valence-corrected chi connectivity index (χ3v) is 3.65. The number of rotatable bonds is 6. The van der Waals surface area contributed by atoms with Crippen molar-refractivity contribution in [1.29, 1.82) is 0 Å². The van der Waals surface area contributed by atoms with Gasteiger partial charge in [-0.05, 0) is 42.9 Å². The van der Waals surface area contributed by atoms with E-state index in [0.29, 0.717) is 12.0 Å². The van der Waals surface area contributed by atoms with Crippen molar-refractivity contribution in [3.63, 3.8) is 0 Å². The molecule has 0 aromatic heterocycles. The molecule has 96 valence electrons. The van der Waals surface area contributed by atoms with E-state index in [1.807, 2.05) is 13.0 Å². The molecule has 0 saturated heterocycles. The van der Waals surface area contributed by atoms with E-state index in [1.54, 1.807) is 0 Å². The average molecular weight is 255 g/mol. The van der Waals surface area contributed by atoms with Gasteiger partial charge < -0.3 is 0 Å². The molecule has 0 bridgehead atoms. The number of nitrogens with one attached hydrogen (secondary N) is 1. The first-order valence-corrected chi connectivity index (χ1v) is 6.65. The summed E-state index contributed by atoms with van der Waals surface area (Å²) in [6.07, 6.45) is 3.15. The lowest BCUT2D eigenvalue weighted by atomic mass is 9.95. The molecule has 2 atom stereocenters. The number of nitrogens with two attached hydrogens (primary N) is 1. The first-order valence-electron chi connectivity index (χ1n) is 6.28. The van der Waals surface area contributed by atoms with E-state index in [4.69, 9.17) is 17.4 Å². The van der Waals surface area contributed by atoms with Gasteiger partial charge in [-0.2, -0.15) is 0 Å². The maximum Gasteiger partial charge on any atom is 0.0441 e. The van der Waals surface area contributed by atoms with Gasteiger partial charge in [0.25, 0.3) is 0 Å². The van der Waals surface area contributed by atoms with Gasteiger partial charge in [0.05, 0.1) is 0 Å². The summed E-state index contributed by atoms with van der Waals surface area (Å²) in [4.78, 5) is 0. The van der Waals surface area contributed by atoms with Crippen molar-refractivity contribution in [2.75, 3.05) is 0 Å². The van der Waals surface area contributed by atoms with Crippen LogP contribution in [0.5, 0.6) is 0 Å². The van der Waals surface area contributed by atoms with Crippen LogP contribution < -0.4 is 11.3 Å². The van der Waals surface area contributed by atoms with Crippen LogP contribution in [-0.2, 0) is 6.42 Å². The van der Waals surface area contributed by atoms with Crippen LogP contribution in [-0.4, -0.2) is 6.04 Å². The SMILES string of the molecule is CCC(C)CC(Cc1ccc(C)cc1Cl)NN. The number of hydrogen-bond acceptors (Lipinski definition) is 2. The Hall–Kier alpha value is -0.570. The second kappa shape index (κ2) is 7.00. The molecule has 0 fully saturated rings. The summed E-state index contributed by atoms with van der Waals surface area (Å²) in [5, 5.41) is 0.842. The molecular weight excluding hydrogens is 232 g/mol. The number of halogens is 1. The Bertz CT molecular complexity index is 352. The normalized spacial score (nSPS) is 14.6. The lowest BCUT2D eigenvalue weighted by Crippen LogP contribution is -2.38. The summed E-state index contributed by atoms with van der Waals surface area (Å²) in [6, 6.07) is 6.50. The van der Waals surface area contributed by atoms with Crippen molar-refractivity contribution in [2.24, 2.45) is 11.8 Å². The Morgan fingerprint density at radius 2 is 2.12 bits per heavy atom. The maximum atomic E-state index is 6.23. The molecule has 0 saturated carbocycles. The Kier molecular flexibility index (Phi) is 5.96. The van der Waals surface area contributed by atoms with E-state index >= 15 is 0 Å². The second-order valence-electron chi connectivity index (χ2n) is 4.91. The van der Waals surface area contributed by atoms with Gasteiger partial charge in [0.15, 0.2) is 0 Å². The average Bonchev–Trinajstić information content (AvgIpc) is 2.31. The monoisotopic (exact) mass is 254 g/mol. The Labute approximate surface area is 110 Å². The fraction of sp³-hybridized carbons (Fsp3) is 0.571. The molecule has 1 aromatic rings. The molecule has 2 nitrogen and oxygen atoms in total. The zero-order valence-electron chi connectivity index (χ0n) is 11.0. The molecule has 17 heavy (non-hydrogen) atoms. The number of benzene rings is 1. The topological polar surface area (TPSA) is 38.0 Å². The van der Waals surface area contributed by atoms with Crippen molar-refractivity contribution in [2.45, 2.75) is 46.1 Å². The largest absolute Gasteiger partial charge is 0.271 e. The van der Waals surface area contributed by atoms with E-state index in [-0.39, 0.29) is 0 Å². The van der Waals surface area contributed by atoms with Crippen LogP contribution in [0.15, 0.2) is 18.2 Å². The highest BCUT2D eigenvalue weighted by Gasteiger charge is 2.13. The molecule has 0 aliphatic heterocycles. The quantitative estimate of drug-likeness (QED) is 0.603. The van der Waals surface area contributed by atoms with Gasteiger partial charge in [-0.1, -0.05) is 44.0 Å². The third-order valence-electron chi connectivity index (χ3n) is 3.29. The van der Waals surface area contributed by atoms with Crippen LogP contribution in [0.2, 0.25) is 5.02 Å². The molecule has 3 N–H and O–H groups in total. The zero-order valence-corrected chi connectivity index (χ0v) is 11.7. The zero-order chi connectivity index (χ0) is 12.8. The third kappa shape index (κ3) is 4.66. The maximum absolute atomic E-state index is 6.23. The van der Waals surface area contributed by atoms with Crippen molar-refractivity contribution in [3.05, 3.63) is 34.3 Å². The number of aryl methyl sites for hydroxylation is 1. The predicted octanol–water partition coefficient (Wildman–Crippen LogP) is 3.46. The first-order chi connectivity index (χ1) is 8.06. The standard InChI is InChI=1S/C14H23ClN2/c1-4-10(2)7-13(17-16)9-12-6-5-11(3)8-14(12)15/h5-6,8,10,13,17H,4,7,9,16H2,1-3H3. The van der Waals surface area contributed by atoms with Gasteiger partial charge in [-0.25, -0.2) is 0 Å². The van der Waals surface area contributed by atoms with E-state index in [2.05, 4.69) is 31.4 Å². The number of hydrogen-bond donors (Lipinski definition) is 2. The van der Waals surface area contributed by atoms with Gasteiger partial charge >= 0.3 is 0 Å². The molecule has 1 rings (SSSR count). The molecule has 0 radical (unpaired) electrons. The van der Waals surface area contributed by atoms with Crippen molar-refractivity contribution < 1.29 is 0 Å². The lowest BCUT2D eigenvalue weighted by molar-refractivity contribution is 0.396. The van der Waals surface area contributed by atoms with Crippen LogP contribution in [0.3, 0.4) is 0 Å². The van der Waals surface area contributed by atoms with Crippen LogP contribution in [0.1, 0.15) is 37.8 Å². The summed E-state index contributed by atoms with van der Waals surface area (Å²) in [7, 11) is 0. The minimum Gasteiger partial charge on any atom is -0.271 e. The Morgan fingerprint density at radius 1 is 1.41 bits per heavy atom. The molecule has 0 spiro atoms. The molecule has 0 aliphatic carbocycles. The van der Waals surface area contributed by atoms with Crippen molar-refractivity contribution >= 4 is 11.6 Å². The highest BCUT2D eigenvalue weighted by Crippen LogP contribution is 2.21. The van der Waals surface area contributed by atoms with E-state index in [1.165, 1.54) is 17.5 Å². The highest BCUT2D eigenvalue weighted by atomic mass is 35.5. The van der Waals surface area contributed by atoms with E-state index < -0.39 is 0 Å². The van der Waals surface area contributed by atoms with Crippen molar-refractivity contribution in [3.8, 4) is 0 Å². The van der Waals surface area contributed by atoms with Gasteiger partial charge in [-0.3, -0.25) is 11.3 Å². The minimum absolute atomic E-state index is 0.296. The minimum atomic E-state index is 0.296. The van der Waals surface area contributed by atoms with E-state index in [0.717, 1.165) is 17.9 Å². The van der Waals surface area contributed by atoms with Crippen LogP contribution in [0.4, 0.5) is 0 Å². The summed E-state index contributed by atoms with van der Waals surface area (Å²) in [5.41, 5.74) is 5.26. The molecule has 0 heterocycles. The fourth-order valence-electron chi connectivity index (χ4n) is 1.95. The Balaban J connectivity index is 2.67. The fourth-order valence-corrected chi connectivity index (χ4v) is 2.26. The summed E-state index contributed by atoms with van der Waals surface area (Å²) in [6.45, 7) is 6.51. The first kappa shape index (κ1) is 14.5. The van der Waals surface area contributed by atoms with Crippen LogP contribution >= 0.6 is 11.6 Å². The molecule has 0 aliphatic rings. The molecular formula is C14H23ClN2. The molecule has 3 heteroatoms. The smallest absolute Gasteiger partial charge is 0.0441 e. The second-order valence-corrected chi connectivity index (χ2v) is 5.32. The predicted molar refractivity (Wildman–Crippen MR) is 75.1 cm³/mol. The van der Waals surface area contributed by atoms with Crippen LogP contribution in [0.25, 0.3) is 0 Å².